The molecule has 0 aromatic carbocycles. The van der Waals surface area contributed by atoms with E-state index in [1.54, 1.807) is 34.6 Å². The predicted molar refractivity (Wildman–Crippen MR) is 59.6 cm³/mol. The summed E-state index contributed by atoms with van der Waals surface area (Å²) >= 11 is 0. The van der Waals surface area contributed by atoms with Crippen LogP contribution in [0.4, 0.5) is 0 Å². The lowest BCUT2D eigenvalue weighted by Crippen LogP contribution is -2.45. The molecule has 5 heteroatoms. The predicted octanol–water partition coefficient (Wildman–Crippen LogP) is 1.07. The zero-order valence-corrected chi connectivity index (χ0v) is 10.6. The van der Waals surface area contributed by atoms with E-state index >= 15 is 0 Å². The first-order valence-corrected chi connectivity index (χ1v) is 5.41. The Balaban J connectivity index is 4.35. The van der Waals surface area contributed by atoms with Gasteiger partial charge < -0.3 is 9.47 Å². The van der Waals surface area contributed by atoms with Gasteiger partial charge in [0.05, 0.1) is 0 Å². The molecule has 0 spiro atoms. The highest BCUT2D eigenvalue weighted by molar-refractivity contribution is 5.98. The summed E-state index contributed by atoms with van der Waals surface area (Å²) in [6.07, 6.45) is -1.01. The van der Waals surface area contributed by atoms with E-state index in [0.717, 1.165) is 0 Å². The normalized spacial score (nSPS) is 11.6. The topological polar surface area (TPSA) is 64.6 Å². The summed E-state index contributed by atoms with van der Waals surface area (Å²) in [5.74, 6) is -0.898. The van der Waals surface area contributed by atoms with Crippen LogP contribution in [0.3, 0.4) is 0 Å². The van der Waals surface area contributed by atoms with Crippen LogP contribution in [0.15, 0.2) is 0 Å². The van der Waals surface area contributed by atoms with E-state index in [1.165, 1.54) is 0 Å². The third kappa shape index (κ3) is 5.23. The van der Waals surface area contributed by atoms with Gasteiger partial charge in [-0.25, -0.2) is 0 Å². The monoisotopic (exact) mass is 231 g/mol. The second kappa shape index (κ2) is 6.60. The van der Waals surface area contributed by atoms with E-state index in [2.05, 4.69) is 5.32 Å². The van der Waals surface area contributed by atoms with Crippen LogP contribution in [0.25, 0.3) is 0 Å². The maximum atomic E-state index is 11.6. The Morgan fingerprint density at radius 1 is 1.12 bits per heavy atom. The molecule has 0 aromatic rings. The molecular weight excluding hydrogens is 210 g/mol. The minimum Gasteiger partial charge on any atom is -0.345 e. The average molecular weight is 231 g/mol. The van der Waals surface area contributed by atoms with Crippen LogP contribution < -0.4 is 5.32 Å². The van der Waals surface area contributed by atoms with E-state index in [0.29, 0.717) is 13.2 Å². The van der Waals surface area contributed by atoms with Gasteiger partial charge in [-0.3, -0.25) is 14.9 Å². The molecule has 0 radical (unpaired) electrons. The minimum absolute atomic E-state index is 0.345. The molecule has 0 bridgehead atoms. The molecule has 0 heterocycles. The fourth-order valence-corrected chi connectivity index (χ4v) is 0.861. The zero-order chi connectivity index (χ0) is 12.8. The SMILES string of the molecule is CCOC(OCC)C(=O)NC(=O)C(C)(C)C. The van der Waals surface area contributed by atoms with Crippen LogP contribution in [-0.4, -0.2) is 31.3 Å². The van der Waals surface area contributed by atoms with E-state index in [-0.39, 0.29) is 5.91 Å². The lowest BCUT2D eigenvalue weighted by atomic mass is 9.96. The van der Waals surface area contributed by atoms with Crippen LogP contribution in [0, 0.1) is 5.41 Å². The lowest BCUT2D eigenvalue weighted by molar-refractivity contribution is -0.172. The number of carbonyl (C=O) groups excluding carboxylic acids is 2. The molecule has 0 aliphatic carbocycles. The quantitative estimate of drug-likeness (QED) is 0.719. The fourth-order valence-electron chi connectivity index (χ4n) is 0.861. The molecular formula is C11H21NO4. The number of imide groups is 1. The molecule has 1 N–H and O–H groups in total. The van der Waals surface area contributed by atoms with Crippen molar-refractivity contribution in [3.63, 3.8) is 0 Å². The molecule has 0 rings (SSSR count). The van der Waals surface area contributed by atoms with Crippen molar-refractivity contribution in [1.29, 1.82) is 0 Å². The van der Waals surface area contributed by atoms with Crippen molar-refractivity contribution in [2.75, 3.05) is 13.2 Å². The summed E-state index contributed by atoms with van der Waals surface area (Å²) in [7, 11) is 0. The van der Waals surface area contributed by atoms with Gasteiger partial charge >= 0.3 is 0 Å². The van der Waals surface area contributed by atoms with Crippen LogP contribution >= 0.6 is 0 Å². The van der Waals surface area contributed by atoms with Gasteiger partial charge in [-0.15, -0.1) is 0 Å². The van der Waals surface area contributed by atoms with Gasteiger partial charge in [0.25, 0.3) is 5.91 Å². The Hall–Kier alpha value is -0.940. The molecule has 16 heavy (non-hydrogen) atoms. The molecule has 0 unspecified atom stereocenters. The van der Waals surface area contributed by atoms with Gasteiger partial charge in [-0.1, -0.05) is 20.8 Å². The number of hydrogen-bond acceptors (Lipinski definition) is 4. The van der Waals surface area contributed by atoms with E-state index in [1.807, 2.05) is 0 Å². The van der Waals surface area contributed by atoms with Gasteiger partial charge in [0.2, 0.25) is 12.2 Å². The molecule has 0 aliphatic rings. The van der Waals surface area contributed by atoms with Crippen LogP contribution in [-0.2, 0) is 19.1 Å². The first-order chi connectivity index (χ1) is 7.32. The molecule has 0 atom stereocenters. The van der Waals surface area contributed by atoms with Crippen molar-refractivity contribution in [1.82, 2.24) is 5.32 Å². The molecule has 0 aliphatic heterocycles. The van der Waals surface area contributed by atoms with Crippen LogP contribution in [0.2, 0.25) is 0 Å². The first-order valence-electron chi connectivity index (χ1n) is 5.41. The second-order valence-electron chi connectivity index (χ2n) is 4.31. The lowest BCUT2D eigenvalue weighted by Gasteiger charge is -2.20. The van der Waals surface area contributed by atoms with Crippen molar-refractivity contribution in [3.8, 4) is 0 Å². The Kier molecular flexibility index (Phi) is 6.21. The van der Waals surface area contributed by atoms with Crippen LogP contribution in [0.5, 0.6) is 0 Å². The minimum atomic E-state index is -1.01. The highest BCUT2D eigenvalue weighted by atomic mass is 16.7. The number of hydrogen-bond donors (Lipinski definition) is 1. The molecule has 0 saturated carbocycles. The molecule has 94 valence electrons. The van der Waals surface area contributed by atoms with Crippen molar-refractivity contribution in [3.05, 3.63) is 0 Å². The maximum Gasteiger partial charge on any atom is 0.283 e. The second-order valence-corrected chi connectivity index (χ2v) is 4.31. The number of ether oxygens (including phenoxy) is 2. The molecule has 2 amide bonds. The van der Waals surface area contributed by atoms with Crippen molar-refractivity contribution in [2.45, 2.75) is 40.9 Å². The highest BCUT2D eigenvalue weighted by Gasteiger charge is 2.27. The van der Waals surface area contributed by atoms with Crippen molar-refractivity contribution >= 4 is 11.8 Å². The Labute approximate surface area is 96.5 Å². The van der Waals surface area contributed by atoms with E-state index < -0.39 is 17.6 Å². The third-order valence-electron chi connectivity index (χ3n) is 1.77. The summed E-state index contributed by atoms with van der Waals surface area (Å²) in [5.41, 5.74) is -0.612. The third-order valence-corrected chi connectivity index (χ3v) is 1.77. The molecule has 0 saturated heterocycles. The molecule has 5 nitrogen and oxygen atoms in total. The number of nitrogens with one attached hydrogen (secondary N) is 1. The summed E-state index contributed by atoms with van der Waals surface area (Å²) < 4.78 is 10.1. The molecule has 0 aromatic heterocycles. The Morgan fingerprint density at radius 2 is 1.56 bits per heavy atom. The number of rotatable bonds is 5. The fraction of sp³-hybridized carbons (Fsp3) is 0.818. The van der Waals surface area contributed by atoms with Crippen LogP contribution in [0.1, 0.15) is 34.6 Å². The number of carbonyl (C=O) groups is 2. The average Bonchev–Trinajstić information content (AvgIpc) is 2.15. The largest absolute Gasteiger partial charge is 0.345 e. The summed E-state index contributed by atoms with van der Waals surface area (Å²) in [4.78, 5) is 23.1. The van der Waals surface area contributed by atoms with E-state index in [4.69, 9.17) is 9.47 Å². The Morgan fingerprint density at radius 3 is 1.88 bits per heavy atom. The van der Waals surface area contributed by atoms with Gasteiger partial charge in [-0.05, 0) is 13.8 Å². The van der Waals surface area contributed by atoms with Gasteiger partial charge in [-0.2, -0.15) is 0 Å². The molecule has 0 fully saturated rings. The van der Waals surface area contributed by atoms with Crippen molar-refractivity contribution in [2.24, 2.45) is 5.41 Å². The zero-order valence-electron chi connectivity index (χ0n) is 10.6. The van der Waals surface area contributed by atoms with Gasteiger partial charge in [0.15, 0.2) is 0 Å². The maximum absolute atomic E-state index is 11.6. The summed E-state index contributed by atoms with van der Waals surface area (Å²) in [6.45, 7) is 9.39. The smallest absolute Gasteiger partial charge is 0.283 e. The van der Waals surface area contributed by atoms with Gasteiger partial charge in [0, 0.05) is 18.6 Å². The summed E-state index contributed by atoms with van der Waals surface area (Å²) in [5, 5.41) is 2.26. The van der Waals surface area contributed by atoms with E-state index in [9.17, 15) is 9.59 Å². The summed E-state index contributed by atoms with van der Waals surface area (Å²) in [6, 6.07) is 0. The Bertz CT molecular complexity index is 239. The van der Waals surface area contributed by atoms with Gasteiger partial charge in [0.1, 0.15) is 0 Å². The standard InChI is InChI=1S/C11H21NO4/c1-6-15-9(16-7-2)8(13)12-10(14)11(3,4)5/h9H,6-7H2,1-5H3,(H,12,13,14). The highest BCUT2D eigenvalue weighted by Crippen LogP contribution is 2.12. The number of amides is 2. The first kappa shape index (κ1) is 15.1. The van der Waals surface area contributed by atoms with Crippen molar-refractivity contribution < 1.29 is 19.1 Å².